The van der Waals surface area contributed by atoms with Gasteiger partial charge in [0.1, 0.15) is 49.2 Å². The number of unbranched alkanes of at least 4 members (excludes halogenated alkanes) is 1. The van der Waals surface area contributed by atoms with Gasteiger partial charge in [0, 0.05) is 85.0 Å². The molecule has 1 aliphatic heterocycles. The van der Waals surface area contributed by atoms with Crippen molar-refractivity contribution in [2.45, 2.75) is 59.0 Å². The first kappa shape index (κ1) is 44.3. The summed E-state index contributed by atoms with van der Waals surface area (Å²) in [5, 5.41) is 41.0. The Balaban J connectivity index is 1.09. The van der Waals surface area contributed by atoms with Crippen LogP contribution in [-0.2, 0) is 39.2 Å². The van der Waals surface area contributed by atoms with Gasteiger partial charge in [-0.1, -0.05) is 48.0 Å². The number of nitrogens with zero attached hydrogens (tertiary/aromatic N) is 5. The third-order valence-electron chi connectivity index (χ3n) is 10.9. The highest BCUT2D eigenvalue weighted by Gasteiger charge is 2.29. The van der Waals surface area contributed by atoms with Crippen molar-refractivity contribution in [1.82, 2.24) is 15.3 Å². The first-order valence-electron chi connectivity index (χ1n) is 20.8. The Kier molecular flexibility index (Phi) is 15.0. The molecule has 6 aromatic rings. The van der Waals surface area contributed by atoms with Crippen LogP contribution in [0.25, 0.3) is 11.1 Å². The number of aryl methyl sites for hydroxylation is 1. The van der Waals surface area contributed by atoms with Crippen LogP contribution in [0.1, 0.15) is 73.3 Å². The second-order valence-electron chi connectivity index (χ2n) is 15.1. The summed E-state index contributed by atoms with van der Waals surface area (Å²) < 4.78 is 18.9. The lowest BCUT2D eigenvalue weighted by Gasteiger charge is -2.20. The number of nitrogens with one attached hydrogen (secondary N) is 1. The summed E-state index contributed by atoms with van der Waals surface area (Å²) in [5.41, 5.74) is 10.6. The van der Waals surface area contributed by atoms with Gasteiger partial charge in [-0.25, -0.2) is 0 Å². The van der Waals surface area contributed by atoms with E-state index in [4.69, 9.17) is 25.8 Å². The fraction of sp³-hybridized carbons (Fsp3) is 0.260. The van der Waals surface area contributed by atoms with Gasteiger partial charge in [0.2, 0.25) is 0 Å². The van der Waals surface area contributed by atoms with E-state index in [1.54, 1.807) is 42.7 Å². The number of halogens is 1. The van der Waals surface area contributed by atoms with Gasteiger partial charge >= 0.3 is 0 Å². The van der Waals surface area contributed by atoms with Crippen LogP contribution in [0.15, 0.2) is 104 Å². The Morgan fingerprint density at radius 2 is 1.44 bits per heavy atom. The number of nitriles is 2. The summed E-state index contributed by atoms with van der Waals surface area (Å²) in [6.45, 7) is 4.10. The molecule has 2 aromatic heterocycles. The van der Waals surface area contributed by atoms with Crippen LogP contribution in [0.3, 0.4) is 0 Å². The number of benzene rings is 4. The van der Waals surface area contributed by atoms with Gasteiger partial charge in [-0.15, -0.1) is 0 Å². The molecule has 1 aliphatic rings. The molecule has 0 saturated carbocycles. The molecule has 0 aliphatic carbocycles. The fourth-order valence-electron chi connectivity index (χ4n) is 7.63. The smallest absolute Gasteiger partial charge is 0.258 e. The normalized spacial score (nSPS) is 11.7. The van der Waals surface area contributed by atoms with Crippen molar-refractivity contribution < 1.29 is 29.2 Å². The number of rotatable bonds is 19. The quantitative estimate of drug-likeness (QED) is 0.0670. The van der Waals surface area contributed by atoms with Crippen LogP contribution >= 0.6 is 11.6 Å². The summed E-state index contributed by atoms with van der Waals surface area (Å²) in [4.78, 5) is 24.4. The Bertz CT molecular complexity index is 2680. The molecule has 0 bridgehead atoms. The lowest BCUT2D eigenvalue weighted by molar-refractivity contribution is 0.0989. The number of fused-ring (bicyclic) bond motifs is 1. The number of aliphatic hydroxyl groups is 2. The molecule has 63 heavy (non-hydrogen) atoms. The molecule has 0 spiro atoms. The summed E-state index contributed by atoms with van der Waals surface area (Å²) in [5.74, 6) is 1.45. The number of hydrogen-bond acceptors (Lipinski definition) is 11. The predicted octanol–water partition coefficient (Wildman–Crippen LogP) is 8.19. The SMILES string of the molecule is Cc1c(COc2cc(OCc3cncc(C#N)c3)c(CCCCO)cc2Cl)cccc1-c1cccc2c1CCN2C(=O)c1ccc(CNCCO)c(OCc2cncc(C#N)c2)c1. The Morgan fingerprint density at radius 1 is 0.762 bits per heavy atom. The van der Waals surface area contributed by atoms with Crippen molar-refractivity contribution in [2.75, 3.05) is 31.2 Å². The lowest BCUT2D eigenvalue weighted by atomic mass is 9.92. The van der Waals surface area contributed by atoms with Crippen molar-refractivity contribution in [3.8, 4) is 40.5 Å². The van der Waals surface area contributed by atoms with E-state index in [-0.39, 0.29) is 38.9 Å². The van der Waals surface area contributed by atoms with Gasteiger partial charge in [0.25, 0.3) is 5.91 Å². The van der Waals surface area contributed by atoms with Gasteiger partial charge in [-0.2, -0.15) is 10.5 Å². The molecule has 0 atom stereocenters. The maximum Gasteiger partial charge on any atom is 0.258 e. The van der Waals surface area contributed by atoms with Crippen LogP contribution < -0.4 is 24.4 Å². The second-order valence-corrected chi connectivity index (χ2v) is 15.6. The standard InChI is InChI=1S/C50H47ClN6O6/c1-33-41(32-63-49-22-48(38(20-45(49)51)6-2-3-16-58)62-31-37-19-35(24-53)26-56-28-37)7-4-8-42(33)43-9-5-10-46-44(43)13-15-57(46)50(60)39-11-12-40(29-54-14-17-59)47(21-39)61-30-36-18-34(23-52)25-55-27-36/h4-5,7-12,18-22,25-28,54,58-59H,2-3,6,13-17,29-32H2,1H3. The number of carbonyl (C=O) groups is 1. The van der Waals surface area contributed by atoms with Gasteiger partial charge in [-0.3, -0.25) is 14.8 Å². The van der Waals surface area contributed by atoms with Gasteiger partial charge < -0.3 is 34.6 Å². The number of amides is 1. The molecule has 3 N–H and O–H groups in total. The summed E-state index contributed by atoms with van der Waals surface area (Å²) in [6.07, 6.45) is 9.04. The minimum Gasteiger partial charge on any atom is -0.488 e. The Hall–Kier alpha value is -6.80. The third kappa shape index (κ3) is 10.8. The zero-order chi connectivity index (χ0) is 44.1. The van der Waals surface area contributed by atoms with Crippen molar-refractivity contribution in [3.63, 3.8) is 0 Å². The van der Waals surface area contributed by atoms with E-state index in [2.05, 4.69) is 46.5 Å². The zero-order valence-electron chi connectivity index (χ0n) is 34.9. The van der Waals surface area contributed by atoms with Crippen molar-refractivity contribution in [2.24, 2.45) is 0 Å². The lowest BCUT2D eigenvalue weighted by Crippen LogP contribution is -2.29. The minimum absolute atomic E-state index is 0.0112. The van der Waals surface area contributed by atoms with Crippen LogP contribution in [0.5, 0.6) is 17.2 Å². The fourth-order valence-corrected chi connectivity index (χ4v) is 7.87. The average Bonchev–Trinajstić information content (AvgIpc) is 3.75. The van der Waals surface area contributed by atoms with E-state index in [0.717, 1.165) is 62.2 Å². The highest BCUT2D eigenvalue weighted by Crippen LogP contribution is 2.40. The van der Waals surface area contributed by atoms with Crippen LogP contribution in [0.2, 0.25) is 5.02 Å². The van der Waals surface area contributed by atoms with Crippen molar-refractivity contribution >= 4 is 23.2 Å². The second kappa shape index (κ2) is 21.3. The predicted molar refractivity (Wildman–Crippen MR) is 240 cm³/mol. The maximum absolute atomic E-state index is 14.3. The molecule has 12 nitrogen and oxygen atoms in total. The molecule has 13 heteroatoms. The number of aliphatic hydroxyl groups excluding tert-OH is 2. The van der Waals surface area contributed by atoms with Gasteiger partial charge in [0.15, 0.2) is 0 Å². The molecule has 0 fully saturated rings. The topological polar surface area (TPSA) is 174 Å². The first-order chi connectivity index (χ1) is 30.8. The summed E-state index contributed by atoms with van der Waals surface area (Å²) in [7, 11) is 0. The molecule has 1 amide bonds. The van der Waals surface area contributed by atoms with Crippen molar-refractivity contribution in [3.05, 3.63) is 164 Å². The van der Waals surface area contributed by atoms with E-state index >= 15 is 0 Å². The average molecular weight is 863 g/mol. The number of hydrogen-bond donors (Lipinski definition) is 3. The Labute approximate surface area is 371 Å². The molecular formula is C50H47ClN6O6. The molecule has 0 unspecified atom stereocenters. The molecule has 3 heterocycles. The van der Waals surface area contributed by atoms with Crippen LogP contribution in [0, 0.1) is 29.6 Å². The number of aromatic nitrogens is 2. The van der Waals surface area contributed by atoms with E-state index in [0.29, 0.717) is 77.9 Å². The number of pyridine rings is 2. The highest BCUT2D eigenvalue weighted by molar-refractivity contribution is 6.32. The van der Waals surface area contributed by atoms with Crippen LogP contribution in [0.4, 0.5) is 5.69 Å². The molecule has 4 aromatic carbocycles. The van der Waals surface area contributed by atoms with E-state index in [1.807, 2.05) is 41.3 Å². The Morgan fingerprint density at radius 3 is 2.14 bits per heavy atom. The van der Waals surface area contributed by atoms with Crippen LogP contribution in [-0.4, -0.2) is 52.4 Å². The molecule has 0 saturated heterocycles. The van der Waals surface area contributed by atoms with E-state index in [1.165, 1.54) is 12.4 Å². The number of anilines is 1. The van der Waals surface area contributed by atoms with Gasteiger partial charge in [-0.05, 0) is 102 Å². The molecule has 0 radical (unpaired) electrons. The van der Waals surface area contributed by atoms with Gasteiger partial charge in [0.05, 0.1) is 22.8 Å². The summed E-state index contributed by atoms with van der Waals surface area (Å²) in [6, 6.07) is 28.9. The maximum atomic E-state index is 14.3. The third-order valence-corrected chi connectivity index (χ3v) is 11.2. The zero-order valence-corrected chi connectivity index (χ0v) is 35.7. The van der Waals surface area contributed by atoms with Crippen molar-refractivity contribution in [1.29, 1.82) is 10.5 Å². The summed E-state index contributed by atoms with van der Waals surface area (Å²) >= 11 is 6.81. The monoisotopic (exact) mass is 862 g/mol. The largest absolute Gasteiger partial charge is 0.488 e. The molecule has 320 valence electrons. The number of ether oxygens (including phenoxy) is 3. The van der Waals surface area contributed by atoms with E-state index in [9.17, 15) is 25.5 Å². The minimum atomic E-state index is -0.148. The van der Waals surface area contributed by atoms with E-state index < -0.39 is 0 Å². The first-order valence-corrected chi connectivity index (χ1v) is 21.1. The molecule has 7 rings (SSSR count). The molecular weight excluding hydrogens is 816 g/mol. The highest BCUT2D eigenvalue weighted by atomic mass is 35.5. The number of carbonyl (C=O) groups excluding carboxylic acids is 1.